The third-order valence-corrected chi connectivity index (χ3v) is 2.44. The van der Waals surface area contributed by atoms with E-state index in [1.54, 1.807) is 38.4 Å². The van der Waals surface area contributed by atoms with E-state index in [4.69, 9.17) is 10.2 Å². The van der Waals surface area contributed by atoms with Crippen molar-refractivity contribution in [2.75, 3.05) is 17.7 Å². The van der Waals surface area contributed by atoms with Crippen LogP contribution in [-0.2, 0) is 0 Å². The zero-order valence-electron chi connectivity index (χ0n) is 9.68. The summed E-state index contributed by atoms with van der Waals surface area (Å²) in [7, 11) is 1.64. The molecule has 0 fully saturated rings. The van der Waals surface area contributed by atoms with Crippen molar-refractivity contribution in [2.24, 2.45) is 0 Å². The molecular weight excluding hydrogens is 218 g/mol. The smallest absolute Gasteiger partial charge is 0.293 e. The Labute approximate surface area is 98.9 Å². The minimum atomic E-state index is -0.240. The summed E-state index contributed by atoms with van der Waals surface area (Å²) in [6, 6.07) is 5.07. The zero-order valence-corrected chi connectivity index (χ0v) is 9.68. The molecule has 0 aliphatic heterocycles. The van der Waals surface area contributed by atoms with Crippen LogP contribution in [0.15, 0.2) is 35.0 Å². The molecule has 0 saturated heterocycles. The lowest BCUT2D eigenvalue weighted by molar-refractivity contribution is 0.0965. The molecule has 2 rings (SSSR count). The van der Waals surface area contributed by atoms with Crippen molar-refractivity contribution in [1.29, 1.82) is 0 Å². The number of nitrogen functional groups attached to an aromatic ring is 1. The monoisotopic (exact) mass is 231 g/mol. The lowest BCUT2D eigenvalue weighted by Gasteiger charge is -2.17. The first-order valence-electron chi connectivity index (χ1n) is 5.13. The summed E-state index contributed by atoms with van der Waals surface area (Å²) in [5, 5.41) is 0. The Balaban J connectivity index is 2.29. The molecule has 0 radical (unpaired) electrons. The van der Waals surface area contributed by atoms with Crippen LogP contribution in [0.25, 0.3) is 0 Å². The summed E-state index contributed by atoms with van der Waals surface area (Å²) in [5.41, 5.74) is 6.82. The van der Waals surface area contributed by atoms with Gasteiger partial charge in [0.2, 0.25) is 0 Å². The van der Waals surface area contributed by atoms with Gasteiger partial charge in [0, 0.05) is 13.2 Å². The summed E-state index contributed by atoms with van der Waals surface area (Å²) >= 11 is 0. The van der Waals surface area contributed by atoms with Gasteiger partial charge in [0.05, 0.1) is 17.6 Å². The van der Waals surface area contributed by atoms with E-state index >= 15 is 0 Å². The molecule has 0 aliphatic rings. The first-order chi connectivity index (χ1) is 8.09. The molecule has 0 spiro atoms. The summed E-state index contributed by atoms with van der Waals surface area (Å²) in [5.74, 6) is 0.752. The highest BCUT2D eigenvalue weighted by atomic mass is 16.3. The van der Waals surface area contributed by atoms with Crippen molar-refractivity contribution in [3.05, 3.63) is 42.1 Å². The molecule has 2 N–H and O–H groups in total. The van der Waals surface area contributed by atoms with E-state index in [-0.39, 0.29) is 5.91 Å². The average Bonchev–Trinajstić information content (AvgIpc) is 2.75. The van der Waals surface area contributed by atoms with E-state index in [1.807, 2.05) is 0 Å². The molecule has 2 aromatic rings. The van der Waals surface area contributed by atoms with E-state index in [9.17, 15) is 4.79 Å². The molecule has 0 aromatic carbocycles. The van der Waals surface area contributed by atoms with Crippen LogP contribution in [0.4, 0.5) is 11.4 Å². The predicted molar refractivity (Wildman–Crippen MR) is 64.8 cm³/mol. The minimum Gasteiger partial charge on any atom is -0.456 e. The van der Waals surface area contributed by atoms with Crippen molar-refractivity contribution < 1.29 is 9.21 Å². The predicted octanol–water partition coefficient (Wildman–Crippen LogP) is 1.84. The first kappa shape index (κ1) is 11.2. The Kier molecular flexibility index (Phi) is 2.82. The number of hydrogen-bond acceptors (Lipinski definition) is 4. The number of pyridine rings is 1. The van der Waals surface area contributed by atoms with E-state index < -0.39 is 0 Å². The van der Waals surface area contributed by atoms with Crippen LogP contribution in [-0.4, -0.2) is 17.9 Å². The van der Waals surface area contributed by atoms with Crippen molar-refractivity contribution >= 4 is 17.3 Å². The summed E-state index contributed by atoms with van der Waals surface area (Å²) in [4.78, 5) is 17.4. The highest BCUT2D eigenvalue weighted by Crippen LogP contribution is 2.22. The van der Waals surface area contributed by atoms with Gasteiger partial charge >= 0.3 is 0 Å². The van der Waals surface area contributed by atoms with Crippen molar-refractivity contribution in [2.45, 2.75) is 6.92 Å². The van der Waals surface area contributed by atoms with Gasteiger partial charge in [-0.25, -0.2) is 0 Å². The van der Waals surface area contributed by atoms with Gasteiger partial charge in [0.15, 0.2) is 5.76 Å². The standard InChI is InChI=1S/C12H13N3O2/c1-8-3-4-11(17-8)12(16)15(2)10-5-6-14-7-9(10)13/h3-7H,13H2,1-2H3. The maximum atomic E-state index is 12.1. The Hall–Kier alpha value is -2.30. The van der Waals surface area contributed by atoms with Gasteiger partial charge in [-0.05, 0) is 25.1 Å². The van der Waals surface area contributed by atoms with Crippen LogP contribution in [0.3, 0.4) is 0 Å². The molecule has 5 heteroatoms. The molecule has 5 nitrogen and oxygen atoms in total. The number of aromatic nitrogens is 1. The van der Waals surface area contributed by atoms with E-state index in [1.165, 1.54) is 11.1 Å². The number of anilines is 2. The Morgan fingerprint density at radius 1 is 1.41 bits per heavy atom. The topological polar surface area (TPSA) is 72.4 Å². The Bertz CT molecular complexity index is 548. The fraction of sp³-hybridized carbons (Fsp3) is 0.167. The molecule has 1 amide bonds. The third kappa shape index (κ3) is 2.13. The van der Waals surface area contributed by atoms with Crippen molar-refractivity contribution in [3.8, 4) is 0 Å². The molecule has 2 heterocycles. The number of rotatable bonds is 2. The number of furan rings is 1. The number of amides is 1. The second-order valence-electron chi connectivity index (χ2n) is 3.71. The fourth-order valence-corrected chi connectivity index (χ4v) is 1.53. The molecule has 0 bridgehead atoms. The van der Waals surface area contributed by atoms with Gasteiger partial charge in [-0.15, -0.1) is 0 Å². The third-order valence-electron chi connectivity index (χ3n) is 2.44. The SMILES string of the molecule is Cc1ccc(C(=O)N(C)c2ccncc2N)o1. The van der Waals surface area contributed by atoms with Gasteiger partial charge in [-0.1, -0.05) is 0 Å². The number of carbonyl (C=O) groups is 1. The van der Waals surface area contributed by atoms with Gasteiger partial charge in [0.1, 0.15) is 5.76 Å². The van der Waals surface area contributed by atoms with Crippen molar-refractivity contribution in [1.82, 2.24) is 4.98 Å². The van der Waals surface area contributed by atoms with Crippen molar-refractivity contribution in [3.63, 3.8) is 0 Å². The number of nitrogens with two attached hydrogens (primary N) is 1. The van der Waals surface area contributed by atoms with E-state index in [2.05, 4.69) is 4.98 Å². The van der Waals surface area contributed by atoms with Crippen LogP contribution in [0.2, 0.25) is 0 Å². The maximum Gasteiger partial charge on any atom is 0.293 e. The lowest BCUT2D eigenvalue weighted by Crippen LogP contribution is -2.26. The van der Waals surface area contributed by atoms with Crippen LogP contribution in [0, 0.1) is 6.92 Å². The highest BCUT2D eigenvalue weighted by Gasteiger charge is 2.18. The minimum absolute atomic E-state index is 0.240. The number of aryl methyl sites for hydroxylation is 1. The van der Waals surface area contributed by atoms with E-state index in [0.29, 0.717) is 22.9 Å². The van der Waals surface area contributed by atoms with E-state index in [0.717, 1.165) is 0 Å². The van der Waals surface area contributed by atoms with Crippen LogP contribution in [0.1, 0.15) is 16.3 Å². The molecule has 17 heavy (non-hydrogen) atoms. The largest absolute Gasteiger partial charge is 0.456 e. The Morgan fingerprint density at radius 2 is 2.18 bits per heavy atom. The van der Waals surface area contributed by atoms with Gasteiger partial charge < -0.3 is 15.1 Å². The number of nitrogens with zero attached hydrogens (tertiary/aromatic N) is 2. The quantitative estimate of drug-likeness (QED) is 0.855. The van der Waals surface area contributed by atoms with Crippen LogP contribution in [0.5, 0.6) is 0 Å². The normalized spacial score (nSPS) is 10.2. The highest BCUT2D eigenvalue weighted by molar-refractivity contribution is 6.05. The molecule has 2 aromatic heterocycles. The molecule has 88 valence electrons. The first-order valence-corrected chi connectivity index (χ1v) is 5.13. The summed E-state index contributed by atoms with van der Waals surface area (Å²) < 4.78 is 5.28. The summed E-state index contributed by atoms with van der Waals surface area (Å²) in [6.07, 6.45) is 3.09. The number of carbonyl (C=O) groups excluding carboxylic acids is 1. The molecular formula is C12H13N3O2. The molecule has 0 saturated carbocycles. The zero-order chi connectivity index (χ0) is 12.4. The van der Waals surface area contributed by atoms with Gasteiger partial charge in [0.25, 0.3) is 5.91 Å². The van der Waals surface area contributed by atoms with Crippen LogP contribution < -0.4 is 10.6 Å². The second-order valence-corrected chi connectivity index (χ2v) is 3.71. The molecule has 0 unspecified atom stereocenters. The maximum absolute atomic E-state index is 12.1. The Morgan fingerprint density at radius 3 is 2.76 bits per heavy atom. The summed E-state index contributed by atoms with van der Waals surface area (Å²) in [6.45, 7) is 1.79. The second kappa shape index (κ2) is 4.29. The molecule has 0 atom stereocenters. The lowest BCUT2D eigenvalue weighted by atomic mass is 10.3. The molecule has 0 aliphatic carbocycles. The van der Waals surface area contributed by atoms with Gasteiger partial charge in [-0.2, -0.15) is 0 Å². The van der Waals surface area contributed by atoms with Crippen LogP contribution >= 0.6 is 0 Å². The van der Waals surface area contributed by atoms with Gasteiger partial charge in [-0.3, -0.25) is 9.78 Å². The fourth-order valence-electron chi connectivity index (χ4n) is 1.53. The average molecular weight is 231 g/mol. The number of hydrogen-bond donors (Lipinski definition) is 1.